The van der Waals surface area contributed by atoms with Gasteiger partial charge in [-0.3, -0.25) is 49.1 Å². The molecule has 0 spiro atoms. The van der Waals surface area contributed by atoms with E-state index in [1.54, 1.807) is 0 Å². The predicted octanol–water partition coefficient (Wildman–Crippen LogP) is 0.334. The van der Waals surface area contributed by atoms with Crippen LogP contribution in [0.15, 0.2) is 0 Å². The van der Waals surface area contributed by atoms with E-state index in [-0.39, 0.29) is 114 Å². The van der Waals surface area contributed by atoms with Gasteiger partial charge >= 0.3 is 24.1 Å². The van der Waals surface area contributed by atoms with E-state index in [4.69, 9.17) is 57.5 Å². The highest BCUT2D eigenvalue weighted by Crippen LogP contribution is 2.41. The number of terminal acetylenes is 1. The van der Waals surface area contributed by atoms with Gasteiger partial charge < -0.3 is 104 Å². The maximum Gasteiger partial charge on any atom is 0.407 e. The van der Waals surface area contributed by atoms with Crippen LogP contribution in [0, 0.1) is 53.3 Å². The zero-order valence-corrected chi connectivity index (χ0v) is 56.5. The Labute approximate surface area is 558 Å². The van der Waals surface area contributed by atoms with Crippen molar-refractivity contribution in [3.05, 3.63) is 0 Å². The largest absolute Gasteiger partial charge is 0.481 e. The first kappa shape index (κ1) is 83.9. The molecule has 2 saturated carbocycles. The topological polar surface area (TPSA) is 489 Å². The molecule has 0 bridgehead atoms. The Kier molecular flexibility index (Phi) is 42.9. The minimum Gasteiger partial charge on any atom is -0.481 e. The normalized spacial score (nSPS) is 19.9. The second-order valence-electron chi connectivity index (χ2n) is 23.9. The smallest absolute Gasteiger partial charge is 0.407 e. The van der Waals surface area contributed by atoms with Crippen LogP contribution in [0.25, 0.3) is 0 Å². The van der Waals surface area contributed by atoms with Crippen LogP contribution in [0.2, 0.25) is 0 Å². The van der Waals surface area contributed by atoms with Crippen LogP contribution in [0.5, 0.6) is 0 Å². The summed E-state index contributed by atoms with van der Waals surface area (Å²) in [5.74, 6) is -6.81. The van der Waals surface area contributed by atoms with Gasteiger partial charge in [0.1, 0.15) is 31.1 Å². The summed E-state index contributed by atoms with van der Waals surface area (Å²) in [6.45, 7) is 13.2. The molecule has 8 amide bonds. The Hall–Kier alpha value is -7.15. The molecule has 0 heterocycles. The number of carboxylic acid groups (broad SMARTS) is 2. The summed E-state index contributed by atoms with van der Waals surface area (Å²) in [5, 5.41) is 56.1. The minimum absolute atomic E-state index is 0.0100. The number of guanidine groups is 1. The molecule has 95 heavy (non-hydrogen) atoms. The Bertz CT molecular complexity index is 2400. The van der Waals surface area contributed by atoms with Crippen molar-refractivity contribution in [3.8, 4) is 12.3 Å². The van der Waals surface area contributed by atoms with Gasteiger partial charge in [0, 0.05) is 88.9 Å². The molecule has 0 saturated heterocycles. The number of amides is 8. The number of aliphatic carboxylic acids is 2. The minimum atomic E-state index is -1.19. The van der Waals surface area contributed by atoms with Crippen LogP contribution in [0.3, 0.4) is 0 Å². The van der Waals surface area contributed by atoms with Gasteiger partial charge in [-0.1, -0.05) is 85.0 Å². The summed E-state index contributed by atoms with van der Waals surface area (Å²) >= 11 is 0. The summed E-state index contributed by atoms with van der Waals surface area (Å²) in [6.07, 6.45) is 7.48. The molecule has 32 heteroatoms. The lowest BCUT2D eigenvalue weighted by atomic mass is 9.80. The third kappa shape index (κ3) is 33.9. The highest BCUT2D eigenvalue weighted by atomic mass is 16.6. The van der Waals surface area contributed by atoms with Crippen molar-refractivity contribution < 1.29 is 86.6 Å². The molecule has 0 aromatic heterocycles. The van der Waals surface area contributed by atoms with Crippen molar-refractivity contribution in [1.82, 2.24) is 53.2 Å². The maximum absolute atomic E-state index is 13.5. The van der Waals surface area contributed by atoms with Crippen LogP contribution < -0.4 is 70.4 Å². The van der Waals surface area contributed by atoms with Gasteiger partial charge in [0.05, 0.1) is 64.6 Å². The molecule has 2 aliphatic rings. The van der Waals surface area contributed by atoms with Crippen molar-refractivity contribution in [3.63, 3.8) is 0 Å². The van der Waals surface area contributed by atoms with Gasteiger partial charge in [-0.2, -0.15) is 0 Å². The van der Waals surface area contributed by atoms with Gasteiger partial charge in [-0.05, 0) is 56.8 Å². The Morgan fingerprint density at radius 3 is 1.39 bits per heavy atom. The predicted molar refractivity (Wildman–Crippen MR) is 350 cm³/mol. The Morgan fingerprint density at radius 2 is 0.968 bits per heavy atom. The lowest BCUT2D eigenvalue weighted by Gasteiger charge is -2.38. The highest BCUT2D eigenvalue weighted by molar-refractivity contribution is 5.91. The molecule has 0 aliphatic heterocycles. The molecule has 19 N–H and O–H groups in total. The number of carboxylic acids is 2. The van der Waals surface area contributed by atoms with Crippen LogP contribution in [0.1, 0.15) is 151 Å². The number of carbonyl (C=O) groups is 10. The monoisotopic (exact) mass is 1350 g/mol. The molecule has 542 valence electrons. The first-order valence-corrected chi connectivity index (χ1v) is 33.5. The van der Waals surface area contributed by atoms with Crippen LogP contribution in [0.4, 0.5) is 9.59 Å². The van der Waals surface area contributed by atoms with Gasteiger partial charge in [-0.15, -0.1) is 6.42 Å². The molecule has 11 atom stereocenters. The molecular weight excluding hydrogens is 1240 g/mol. The fourth-order valence-electron chi connectivity index (χ4n) is 12.3. The Balaban J connectivity index is 1.89. The zero-order valence-electron chi connectivity index (χ0n) is 56.5. The molecule has 32 nitrogen and oxygen atoms in total. The van der Waals surface area contributed by atoms with E-state index >= 15 is 0 Å². The Morgan fingerprint density at radius 1 is 0.547 bits per heavy atom. The lowest BCUT2D eigenvalue weighted by Crippen LogP contribution is -2.58. The summed E-state index contributed by atoms with van der Waals surface area (Å²) in [5.41, 5.74) is 17.4. The zero-order chi connectivity index (χ0) is 70.7. The van der Waals surface area contributed by atoms with Gasteiger partial charge in [0.2, 0.25) is 35.4 Å². The number of ether oxygens (including phenoxy) is 6. The second kappa shape index (κ2) is 48.5. The first-order chi connectivity index (χ1) is 45.4. The number of rotatable bonds is 51. The first-order valence-electron chi connectivity index (χ1n) is 33.5. The molecule has 2 aliphatic carbocycles. The number of unbranched alkanes of at least 4 members (excludes halogenated alkanes) is 6. The number of hydrogen-bond acceptors (Lipinski definition) is 20. The van der Waals surface area contributed by atoms with Crippen molar-refractivity contribution in [2.24, 2.45) is 52.7 Å². The maximum atomic E-state index is 13.5. The molecule has 0 radical (unpaired) electrons. The van der Waals surface area contributed by atoms with E-state index in [9.17, 15) is 58.2 Å². The van der Waals surface area contributed by atoms with E-state index in [0.29, 0.717) is 110 Å². The third-order valence-corrected chi connectivity index (χ3v) is 16.9. The molecule has 0 unspecified atom stereocenters. The summed E-state index contributed by atoms with van der Waals surface area (Å²) in [7, 11) is 0. The molecule has 0 aromatic carbocycles. The molecule has 0 aromatic rings. The lowest BCUT2D eigenvalue weighted by molar-refractivity contribution is -0.146. The van der Waals surface area contributed by atoms with Crippen molar-refractivity contribution in [1.29, 1.82) is 5.41 Å². The van der Waals surface area contributed by atoms with E-state index in [0.717, 1.165) is 0 Å². The SMILES string of the molecule is C#CCOCCOCCOCCOCCC(=O)N[C@H](CCC(=O)NCCCCCCNC(=O)O[C@H]1[C@@H]([C@@H](NC(C)=O)C(CC)CC)[C@H](NC(N)N)C[C@@H]1C(=O)O)C(=O)NCC(=O)NCCCCCCNC(=O)O[C@H]1[C@@H]([C@@H](NC(C)=O)C(CC)CC)[C@H](NC(=N)N)C[C@@H]1C(=O)O. The van der Waals surface area contributed by atoms with Crippen LogP contribution in [-0.2, 0) is 66.8 Å². The third-order valence-electron chi connectivity index (χ3n) is 16.9. The van der Waals surface area contributed by atoms with Crippen molar-refractivity contribution in [2.45, 2.75) is 199 Å². The van der Waals surface area contributed by atoms with Gasteiger partial charge in [0.25, 0.3) is 0 Å². The number of nitrogens with two attached hydrogens (primary N) is 3. The second-order valence-corrected chi connectivity index (χ2v) is 23.9. The van der Waals surface area contributed by atoms with Crippen molar-refractivity contribution in [2.75, 3.05) is 85.6 Å². The van der Waals surface area contributed by atoms with E-state index in [1.165, 1.54) is 13.8 Å². The molecule has 2 fully saturated rings. The molecular formula is C63H112N14O18. The average molecular weight is 1350 g/mol. The van der Waals surface area contributed by atoms with E-state index in [2.05, 4.69) is 59.1 Å². The quantitative estimate of drug-likeness (QED) is 0.0128. The highest BCUT2D eigenvalue weighted by Gasteiger charge is 2.55. The summed E-state index contributed by atoms with van der Waals surface area (Å²) < 4.78 is 33.2. The standard InChI is InChI=1S/C63H112N14O18/c1-8-28-90-30-32-92-34-35-93-33-31-91-29-23-49(81)75-45(21-22-48(80)68-24-17-13-15-19-26-70-62(88)94-55-43(58(84)85)36-46(76-60(64)65)51(55)53(73-39(6)78)41(9-2)10-3)57(83)72-38-50(82)69-25-18-14-16-20-27-71-63(89)95-56-44(59(86)87)37-47(77-61(66)67)52(56)54(74-40(7)79)42(11-4)12-5/h1,41-47,51-56,60,76H,9-38,64-65H2,2-7H3,(H,68,80)(H,69,82)(H,70,88)(H,71,89)(H,72,83)(H,73,78)(H,74,79)(H,75,81)(H,84,85)(H,86,87)(H4,66,67,77)/t43-,44-,45+,46+,47+,51+,52+,53-,54-,55+,56+/m0/s1. The van der Waals surface area contributed by atoms with Crippen molar-refractivity contribution >= 4 is 65.5 Å². The fourth-order valence-corrected chi connectivity index (χ4v) is 12.3. The fraction of sp³-hybridized carbons (Fsp3) is 0.794. The van der Waals surface area contributed by atoms with E-state index in [1.807, 2.05) is 27.7 Å². The van der Waals surface area contributed by atoms with E-state index < -0.39 is 121 Å². The number of nitrogens with one attached hydrogen (secondary N) is 11. The van der Waals surface area contributed by atoms with Crippen LogP contribution >= 0.6 is 0 Å². The number of hydrogen-bond donors (Lipinski definition) is 16. The number of carbonyl (C=O) groups excluding carboxylic acids is 8. The average Bonchev–Trinajstić information content (AvgIpc) is 1.65. The molecule has 2 rings (SSSR count). The van der Waals surface area contributed by atoms with Gasteiger partial charge in [-0.25, -0.2) is 9.59 Å². The summed E-state index contributed by atoms with van der Waals surface area (Å²) in [4.78, 5) is 128. The van der Waals surface area contributed by atoms with Crippen LogP contribution in [-0.4, -0.2) is 210 Å². The number of alkyl carbamates (subject to hydrolysis) is 2. The van der Waals surface area contributed by atoms with Gasteiger partial charge in [0.15, 0.2) is 5.96 Å². The summed E-state index contributed by atoms with van der Waals surface area (Å²) in [6, 6.07) is -3.53.